The summed E-state index contributed by atoms with van der Waals surface area (Å²) in [5, 5.41) is 0. The lowest BCUT2D eigenvalue weighted by molar-refractivity contribution is -0.323. The van der Waals surface area contributed by atoms with Crippen LogP contribution in [0.1, 0.15) is 39.5 Å². The Labute approximate surface area is 67.9 Å². The van der Waals surface area contributed by atoms with Crippen molar-refractivity contribution in [1.82, 2.24) is 0 Å². The summed E-state index contributed by atoms with van der Waals surface area (Å²) in [4.78, 5) is 0. The highest BCUT2D eigenvalue weighted by Gasteiger charge is 2.40. The van der Waals surface area contributed by atoms with Crippen molar-refractivity contribution < 1.29 is 9.47 Å². The van der Waals surface area contributed by atoms with E-state index in [0.29, 0.717) is 12.2 Å². The third-order valence-corrected chi connectivity index (χ3v) is 2.62. The van der Waals surface area contributed by atoms with Gasteiger partial charge in [-0.2, -0.15) is 0 Å². The summed E-state index contributed by atoms with van der Waals surface area (Å²) in [6.07, 6.45) is 5.48. The monoisotopic (exact) mass is 156 g/mol. The SMILES string of the molecule is CC1CC2CCCC(C)(O1)O2. The van der Waals surface area contributed by atoms with Crippen molar-refractivity contribution in [1.29, 1.82) is 0 Å². The summed E-state index contributed by atoms with van der Waals surface area (Å²) in [7, 11) is 0. The first-order valence-corrected chi connectivity index (χ1v) is 4.54. The highest BCUT2D eigenvalue weighted by molar-refractivity contribution is 4.81. The number of rotatable bonds is 0. The van der Waals surface area contributed by atoms with E-state index >= 15 is 0 Å². The Morgan fingerprint density at radius 3 is 2.91 bits per heavy atom. The van der Waals surface area contributed by atoms with E-state index in [2.05, 4.69) is 13.8 Å². The lowest BCUT2D eigenvalue weighted by Gasteiger charge is -2.45. The fourth-order valence-corrected chi connectivity index (χ4v) is 2.22. The summed E-state index contributed by atoms with van der Waals surface area (Å²) in [5.41, 5.74) is 0. The molecular formula is C9H16O2. The highest BCUT2D eigenvalue weighted by Crippen LogP contribution is 2.37. The second-order valence-corrected chi connectivity index (χ2v) is 3.93. The Bertz CT molecular complexity index is 154. The molecule has 0 saturated carbocycles. The largest absolute Gasteiger partial charge is 0.347 e. The van der Waals surface area contributed by atoms with E-state index in [0.717, 1.165) is 12.8 Å². The molecule has 0 aromatic rings. The van der Waals surface area contributed by atoms with E-state index in [9.17, 15) is 0 Å². The van der Waals surface area contributed by atoms with E-state index in [1.54, 1.807) is 0 Å². The summed E-state index contributed by atoms with van der Waals surface area (Å²) in [6.45, 7) is 4.20. The molecule has 0 amide bonds. The van der Waals surface area contributed by atoms with E-state index in [4.69, 9.17) is 9.47 Å². The summed E-state index contributed by atoms with van der Waals surface area (Å²) >= 11 is 0. The zero-order chi connectivity index (χ0) is 7.90. The van der Waals surface area contributed by atoms with Gasteiger partial charge in [0.15, 0.2) is 5.79 Å². The van der Waals surface area contributed by atoms with Crippen LogP contribution in [0.5, 0.6) is 0 Å². The van der Waals surface area contributed by atoms with Gasteiger partial charge in [0, 0.05) is 6.42 Å². The molecule has 2 aliphatic heterocycles. The number of hydrogen-bond donors (Lipinski definition) is 0. The Hall–Kier alpha value is -0.0800. The summed E-state index contributed by atoms with van der Waals surface area (Å²) in [6, 6.07) is 0. The van der Waals surface area contributed by atoms with Gasteiger partial charge in [-0.25, -0.2) is 0 Å². The second kappa shape index (κ2) is 2.46. The molecule has 2 bridgehead atoms. The second-order valence-electron chi connectivity index (χ2n) is 3.93. The molecule has 2 rings (SSSR count). The molecular weight excluding hydrogens is 140 g/mol. The van der Waals surface area contributed by atoms with Gasteiger partial charge in [-0.05, 0) is 33.1 Å². The maximum absolute atomic E-state index is 5.76. The van der Waals surface area contributed by atoms with Crippen molar-refractivity contribution >= 4 is 0 Å². The fraction of sp³-hybridized carbons (Fsp3) is 1.00. The van der Waals surface area contributed by atoms with Gasteiger partial charge in [0.2, 0.25) is 0 Å². The molecule has 0 aromatic carbocycles. The van der Waals surface area contributed by atoms with E-state index in [-0.39, 0.29) is 5.79 Å². The molecule has 2 saturated heterocycles. The molecule has 2 fully saturated rings. The quantitative estimate of drug-likeness (QED) is 0.534. The van der Waals surface area contributed by atoms with Gasteiger partial charge in [0.05, 0.1) is 12.2 Å². The van der Waals surface area contributed by atoms with Crippen molar-refractivity contribution in [3.05, 3.63) is 0 Å². The van der Waals surface area contributed by atoms with Crippen LogP contribution < -0.4 is 0 Å². The van der Waals surface area contributed by atoms with Crippen molar-refractivity contribution in [3.63, 3.8) is 0 Å². The van der Waals surface area contributed by atoms with Crippen LogP contribution in [0.3, 0.4) is 0 Å². The minimum atomic E-state index is -0.249. The van der Waals surface area contributed by atoms with Crippen LogP contribution in [-0.2, 0) is 9.47 Å². The highest BCUT2D eigenvalue weighted by atomic mass is 16.7. The number of hydrogen-bond acceptors (Lipinski definition) is 2. The first-order valence-electron chi connectivity index (χ1n) is 4.54. The van der Waals surface area contributed by atoms with Crippen LogP contribution in [-0.4, -0.2) is 18.0 Å². The van der Waals surface area contributed by atoms with Gasteiger partial charge in [-0.3, -0.25) is 0 Å². The predicted molar refractivity (Wildman–Crippen MR) is 42.3 cm³/mol. The predicted octanol–water partition coefficient (Wildman–Crippen LogP) is 2.08. The van der Waals surface area contributed by atoms with Crippen LogP contribution in [0.2, 0.25) is 0 Å². The van der Waals surface area contributed by atoms with Crippen molar-refractivity contribution in [2.45, 2.75) is 57.5 Å². The van der Waals surface area contributed by atoms with E-state index in [1.165, 1.54) is 12.8 Å². The summed E-state index contributed by atoms with van der Waals surface area (Å²) in [5.74, 6) is -0.249. The molecule has 0 radical (unpaired) electrons. The van der Waals surface area contributed by atoms with Crippen LogP contribution in [0, 0.1) is 0 Å². The zero-order valence-electron chi connectivity index (χ0n) is 7.30. The van der Waals surface area contributed by atoms with Crippen molar-refractivity contribution in [3.8, 4) is 0 Å². The molecule has 64 valence electrons. The average Bonchev–Trinajstić information content (AvgIpc) is 1.82. The van der Waals surface area contributed by atoms with Crippen molar-refractivity contribution in [2.75, 3.05) is 0 Å². The topological polar surface area (TPSA) is 18.5 Å². The number of fused-ring (bicyclic) bond motifs is 2. The smallest absolute Gasteiger partial charge is 0.166 e. The van der Waals surface area contributed by atoms with Crippen LogP contribution >= 0.6 is 0 Å². The lowest BCUT2D eigenvalue weighted by atomic mass is 9.96. The number of ether oxygens (including phenoxy) is 2. The Kier molecular flexibility index (Phi) is 1.69. The van der Waals surface area contributed by atoms with Gasteiger partial charge in [0.1, 0.15) is 0 Å². The molecule has 2 nitrogen and oxygen atoms in total. The van der Waals surface area contributed by atoms with Crippen LogP contribution in [0.15, 0.2) is 0 Å². The molecule has 11 heavy (non-hydrogen) atoms. The van der Waals surface area contributed by atoms with Gasteiger partial charge in [-0.1, -0.05) is 0 Å². The Morgan fingerprint density at radius 1 is 1.36 bits per heavy atom. The minimum absolute atomic E-state index is 0.249. The summed E-state index contributed by atoms with van der Waals surface area (Å²) < 4.78 is 11.5. The first kappa shape index (κ1) is 7.56. The first-order chi connectivity index (χ1) is 5.18. The molecule has 3 unspecified atom stereocenters. The van der Waals surface area contributed by atoms with Gasteiger partial charge in [0.25, 0.3) is 0 Å². The van der Waals surface area contributed by atoms with Crippen molar-refractivity contribution in [2.24, 2.45) is 0 Å². The normalized spacial score (nSPS) is 50.7. The zero-order valence-corrected chi connectivity index (χ0v) is 7.30. The molecule has 0 aromatic heterocycles. The maximum atomic E-state index is 5.76. The molecule has 2 aliphatic rings. The third kappa shape index (κ3) is 1.42. The minimum Gasteiger partial charge on any atom is -0.347 e. The van der Waals surface area contributed by atoms with Gasteiger partial charge < -0.3 is 9.47 Å². The molecule has 0 spiro atoms. The fourth-order valence-electron chi connectivity index (χ4n) is 2.22. The molecule has 0 N–H and O–H groups in total. The molecule has 3 atom stereocenters. The average molecular weight is 156 g/mol. The van der Waals surface area contributed by atoms with E-state index < -0.39 is 0 Å². The molecule has 0 aliphatic carbocycles. The van der Waals surface area contributed by atoms with Gasteiger partial charge >= 0.3 is 0 Å². The van der Waals surface area contributed by atoms with E-state index in [1.807, 2.05) is 0 Å². The van der Waals surface area contributed by atoms with Gasteiger partial charge in [-0.15, -0.1) is 0 Å². The van der Waals surface area contributed by atoms with Crippen LogP contribution in [0.25, 0.3) is 0 Å². The third-order valence-electron chi connectivity index (χ3n) is 2.62. The standard InChI is InChI=1S/C9H16O2/c1-7-6-8-4-3-5-9(2,10-7)11-8/h7-8H,3-6H2,1-2H3. The Morgan fingerprint density at radius 2 is 2.18 bits per heavy atom. The Balaban J connectivity index is 2.09. The van der Waals surface area contributed by atoms with Crippen LogP contribution in [0.4, 0.5) is 0 Å². The maximum Gasteiger partial charge on any atom is 0.166 e. The molecule has 2 heteroatoms. The lowest BCUT2D eigenvalue weighted by Crippen LogP contribution is -2.48. The molecule has 2 heterocycles.